The fourth-order valence-corrected chi connectivity index (χ4v) is 4.50. The molecule has 33 heavy (non-hydrogen) atoms. The average Bonchev–Trinajstić information content (AvgIpc) is 3.50. The molecule has 1 amide bonds. The molecule has 1 aliphatic carbocycles. The maximum Gasteiger partial charge on any atom is 0.270 e. The minimum absolute atomic E-state index is 0.193. The molecule has 0 aliphatic heterocycles. The first-order valence-corrected chi connectivity index (χ1v) is 11.1. The molecule has 0 saturated heterocycles. The quantitative estimate of drug-likeness (QED) is 0.345. The number of imidazole rings is 1. The fraction of sp³-hybridized carbons (Fsp3) is 0.320. The van der Waals surface area contributed by atoms with Crippen LogP contribution in [0.3, 0.4) is 0 Å². The summed E-state index contributed by atoms with van der Waals surface area (Å²) in [5.41, 5.74) is 5.99. The smallest absolute Gasteiger partial charge is 0.270 e. The molecule has 0 bridgehead atoms. The zero-order valence-corrected chi connectivity index (χ0v) is 19.2. The van der Waals surface area contributed by atoms with Gasteiger partial charge >= 0.3 is 0 Å². The highest BCUT2D eigenvalue weighted by atomic mass is 16.5. The minimum Gasteiger partial charge on any atom is -0.493 e. The van der Waals surface area contributed by atoms with Gasteiger partial charge in [0.05, 0.1) is 37.0 Å². The van der Waals surface area contributed by atoms with Crippen molar-refractivity contribution in [2.45, 2.75) is 32.7 Å². The number of para-hydroxylation sites is 2. The van der Waals surface area contributed by atoms with Crippen molar-refractivity contribution in [3.05, 3.63) is 59.0 Å². The number of nitrogens with zero attached hydrogens (tertiary/aromatic N) is 2. The lowest BCUT2D eigenvalue weighted by molar-refractivity contribution is 0.0924. The van der Waals surface area contributed by atoms with E-state index in [0.29, 0.717) is 29.5 Å². The molecule has 1 atom stereocenters. The zero-order valence-electron chi connectivity index (χ0n) is 19.2. The molecule has 0 spiro atoms. The SMILES string of the molecule is COc1cc2c(cc1OC)-c1n[nH]c(C(=O)N[C@@H](CC(C)C)c3nc4ccccc4[nH]3)c1C2. The van der Waals surface area contributed by atoms with Gasteiger partial charge in [-0.25, -0.2) is 4.98 Å². The van der Waals surface area contributed by atoms with Gasteiger partial charge in [-0.05, 0) is 42.2 Å². The molecule has 0 radical (unpaired) electrons. The van der Waals surface area contributed by atoms with E-state index in [1.54, 1.807) is 14.2 Å². The van der Waals surface area contributed by atoms with Crippen molar-refractivity contribution in [1.82, 2.24) is 25.5 Å². The van der Waals surface area contributed by atoms with E-state index >= 15 is 0 Å². The minimum atomic E-state index is -0.243. The summed E-state index contributed by atoms with van der Waals surface area (Å²) in [6.45, 7) is 4.26. The Morgan fingerprint density at radius 2 is 1.91 bits per heavy atom. The third-order valence-electron chi connectivity index (χ3n) is 6.08. The second-order valence-electron chi connectivity index (χ2n) is 8.76. The zero-order chi connectivity index (χ0) is 23.1. The van der Waals surface area contributed by atoms with Crippen LogP contribution in [0.15, 0.2) is 36.4 Å². The Kier molecular flexibility index (Phi) is 5.28. The number of carbonyl (C=O) groups is 1. The van der Waals surface area contributed by atoms with E-state index in [1.807, 2.05) is 36.4 Å². The van der Waals surface area contributed by atoms with Crippen LogP contribution in [-0.2, 0) is 6.42 Å². The van der Waals surface area contributed by atoms with Gasteiger partial charge in [0, 0.05) is 17.5 Å². The standard InChI is InChI=1S/C25H27N5O3/c1-13(2)9-19(24-26-17-7-5-6-8-18(17)27-24)28-25(31)23-16-10-14-11-20(32-3)21(33-4)12-15(14)22(16)29-30-23/h5-8,11-13,19H,9-10H2,1-4H3,(H,26,27)(H,28,31)(H,29,30)/t19-/m0/s1. The van der Waals surface area contributed by atoms with Crippen LogP contribution < -0.4 is 14.8 Å². The fourth-order valence-electron chi connectivity index (χ4n) is 4.50. The van der Waals surface area contributed by atoms with E-state index in [4.69, 9.17) is 14.5 Å². The van der Waals surface area contributed by atoms with E-state index < -0.39 is 0 Å². The Bertz CT molecular complexity index is 1300. The molecular formula is C25H27N5O3. The summed E-state index contributed by atoms with van der Waals surface area (Å²) in [7, 11) is 3.22. The number of hydrogen-bond donors (Lipinski definition) is 3. The van der Waals surface area contributed by atoms with Gasteiger partial charge in [0.1, 0.15) is 11.5 Å². The summed E-state index contributed by atoms with van der Waals surface area (Å²) in [5.74, 6) is 2.24. The van der Waals surface area contributed by atoms with Crippen LogP contribution in [0.1, 0.15) is 53.7 Å². The highest BCUT2D eigenvalue weighted by Crippen LogP contribution is 2.42. The lowest BCUT2D eigenvalue weighted by Crippen LogP contribution is -2.31. The van der Waals surface area contributed by atoms with Crippen molar-refractivity contribution in [1.29, 1.82) is 0 Å². The van der Waals surface area contributed by atoms with Gasteiger partial charge in [0.25, 0.3) is 5.91 Å². The number of fused-ring (bicyclic) bond motifs is 4. The number of rotatable bonds is 7. The Morgan fingerprint density at radius 3 is 2.64 bits per heavy atom. The molecule has 2 heterocycles. The van der Waals surface area contributed by atoms with Crippen LogP contribution in [0.25, 0.3) is 22.3 Å². The van der Waals surface area contributed by atoms with Gasteiger partial charge in [-0.2, -0.15) is 5.10 Å². The highest BCUT2D eigenvalue weighted by molar-refractivity contribution is 5.97. The molecule has 3 N–H and O–H groups in total. The second-order valence-corrected chi connectivity index (χ2v) is 8.76. The van der Waals surface area contributed by atoms with Crippen LogP contribution in [0.5, 0.6) is 11.5 Å². The molecule has 0 unspecified atom stereocenters. The van der Waals surface area contributed by atoms with E-state index in [0.717, 1.165) is 45.7 Å². The number of carbonyl (C=O) groups excluding carboxylic acids is 1. The second kappa shape index (κ2) is 8.27. The monoisotopic (exact) mass is 445 g/mol. The topological polar surface area (TPSA) is 105 Å². The van der Waals surface area contributed by atoms with Crippen LogP contribution >= 0.6 is 0 Å². The number of amides is 1. The summed E-state index contributed by atoms with van der Waals surface area (Å²) in [4.78, 5) is 21.5. The number of nitrogens with one attached hydrogen (secondary N) is 3. The van der Waals surface area contributed by atoms with Crippen LogP contribution in [0.4, 0.5) is 0 Å². The van der Waals surface area contributed by atoms with Crippen LogP contribution in [0, 0.1) is 5.92 Å². The molecule has 5 rings (SSSR count). The molecule has 1 aliphatic rings. The van der Waals surface area contributed by atoms with E-state index in [1.165, 1.54) is 0 Å². The maximum absolute atomic E-state index is 13.4. The van der Waals surface area contributed by atoms with Crippen LogP contribution in [-0.4, -0.2) is 40.3 Å². The lowest BCUT2D eigenvalue weighted by Gasteiger charge is -2.18. The van der Waals surface area contributed by atoms with Crippen molar-refractivity contribution in [2.24, 2.45) is 5.92 Å². The number of benzene rings is 2. The molecule has 2 aromatic heterocycles. The Balaban J connectivity index is 1.44. The predicted molar refractivity (Wildman–Crippen MR) is 126 cm³/mol. The van der Waals surface area contributed by atoms with Gasteiger partial charge in [0.2, 0.25) is 0 Å². The first-order chi connectivity index (χ1) is 16.0. The largest absolute Gasteiger partial charge is 0.493 e. The lowest BCUT2D eigenvalue weighted by atomic mass is 10.0. The first-order valence-electron chi connectivity index (χ1n) is 11.1. The highest BCUT2D eigenvalue weighted by Gasteiger charge is 2.30. The first kappa shape index (κ1) is 21.1. The third kappa shape index (κ3) is 3.71. The van der Waals surface area contributed by atoms with Gasteiger partial charge in [-0.15, -0.1) is 0 Å². The third-order valence-corrected chi connectivity index (χ3v) is 6.08. The Morgan fingerprint density at radius 1 is 1.15 bits per heavy atom. The molecular weight excluding hydrogens is 418 g/mol. The van der Waals surface area contributed by atoms with Gasteiger partial charge < -0.3 is 19.8 Å². The molecule has 8 nitrogen and oxygen atoms in total. The van der Waals surface area contributed by atoms with E-state index in [2.05, 4.69) is 34.3 Å². The number of aromatic amines is 2. The van der Waals surface area contributed by atoms with Crippen molar-refractivity contribution in [3.63, 3.8) is 0 Å². The van der Waals surface area contributed by atoms with Gasteiger partial charge in [0.15, 0.2) is 11.5 Å². The van der Waals surface area contributed by atoms with Gasteiger partial charge in [-0.3, -0.25) is 9.89 Å². The van der Waals surface area contributed by atoms with Crippen molar-refractivity contribution >= 4 is 16.9 Å². The molecule has 0 fully saturated rings. The summed E-state index contributed by atoms with van der Waals surface area (Å²) in [6, 6.07) is 11.5. The average molecular weight is 446 g/mol. The normalized spacial score (nSPS) is 13.1. The van der Waals surface area contributed by atoms with E-state index in [-0.39, 0.29) is 11.9 Å². The predicted octanol–water partition coefficient (Wildman–Crippen LogP) is 4.39. The summed E-state index contributed by atoms with van der Waals surface area (Å²) < 4.78 is 10.9. The number of aromatic nitrogens is 4. The Hall–Kier alpha value is -3.81. The summed E-state index contributed by atoms with van der Waals surface area (Å²) in [6.07, 6.45) is 1.36. The molecule has 0 saturated carbocycles. The maximum atomic E-state index is 13.4. The number of hydrogen-bond acceptors (Lipinski definition) is 5. The Labute approximate surface area is 191 Å². The molecule has 2 aromatic carbocycles. The molecule has 4 aromatic rings. The van der Waals surface area contributed by atoms with Crippen molar-refractivity contribution in [3.8, 4) is 22.8 Å². The summed E-state index contributed by atoms with van der Waals surface area (Å²) in [5, 5.41) is 10.6. The number of ether oxygens (including phenoxy) is 2. The van der Waals surface area contributed by atoms with Gasteiger partial charge in [-0.1, -0.05) is 26.0 Å². The summed E-state index contributed by atoms with van der Waals surface area (Å²) >= 11 is 0. The number of H-pyrrole nitrogens is 2. The molecule has 8 heteroatoms. The van der Waals surface area contributed by atoms with Crippen LogP contribution in [0.2, 0.25) is 0 Å². The molecule has 170 valence electrons. The van der Waals surface area contributed by atoms with Crippen molar-refractivity contribution in [2.75, 3.05) is 14.2 Å². The number of methoxy groups -OCH3 is 2. The van der Waals surface area contributed by atoms with Crippen molar-refractivity contribution < 1.29 is 14.3 Å². The van der Waals surface area contributed by atoms with E-state index in [9.17, 15) is 4.79 Å².